The molecule has 4 nitrogen and oxygen atoms in total. The number of halogens is 1. The van der Waals surface area contributed by atoms with Crippen LogP contribution >= 0.6 is 11.6 Å². The molecule has 0 aliphatic heterocycles. The number of ether oxygens (including phenoxy) is 3. The molecule has 92 valence electrons. The Bertz CT molecular complexity index is 454. The average Bonchev–Trinajstić information content (AvgIpc) is 2.35. The van der Waals surface area contributed by atoms with Crippen LogP contribution in [0, 0.1) is 0 Å². The minimum atomic E-state index is 0.226. The molecule has 0 amide bonds. The van der Waals surface area contributed by atoms with Crippen LogP contribution in [-0.4, -0.2) is 27.6 Å². The van der Waals surface area contributed by atoms with Crippen molar-refractivity contribution in [3.8, 4) is 17.2 Å². The molecule has 0 saturated heterocycles. The predicted octanol–water partition coefficient (Wildman–Crippen LogP) is 2.73. The number of hydrogen-bond donors (Lipinski definition) is 0. The van der Waals surface area contributed by atoms with E-state index in [-0.39, 0.29) is 16.3 Å². The Balaban J connectivity index is 3.67. The molecular weight excluding hydrogens is 244 g/mol. The van der Waals surface area contributed by atoms with E-state index in [1.807, 2.05) is 0 Å². The molecule has 0 unspecified atom stereocenters. The largest absolute Gasteiger partial charge is 0.496 e. The van der Waals surface area contributed by atoms with Gasteiger partial charge in [0.2, 0.25) is 0 Å². The molecule has 0 fully saturated rings. The second kappa shape index (κ2) is 5.59. The second-order valence-corrected chi connectivity index (χ2v) is 3.58. The van der Waals surface area contributed by atoms with Crippen LogP contribution in [0.15, 0.2) is 12.6 Å². The number of benzene rings is 1. The van der Waals surface area contributed by atoms with Gasteiger partial charge in [0.15, 0.2) is 6.29 Å². The highest BCUT2D eigenvalue weighted by Crippen LogP contribution is 2.42. The van der Waals surface area contributed by atoms with Gasteiger partial charge in [-0.15, -0.1) is 0 Å². The molecule has 0 radical (unpaired) electrons. The lowest BCUT2D eigenvalue weighted by molar-refractivity contribution is 0.111. The van der Waals surface area contributed by atoms with E-state index in [1.54, 1.807) is 6.07 Å². The quantitative estimate of drug-likeness (QED) is 0.760. The first-order valence-electron chi connectivity index (χ1n) is 4.73. The summed E-state index contributed by atoms with van der Waals surface area (Å²) in [5.74, 6) is 1.08. The van der Waals surface area contributed by atoms with E-state index in [4.69, 9.17) is 25.8 Å². The minimum absolute atomic E-state index is 0.226. The monoisotopic (exact) mass is 256 g/mol. The van der Waals surface area contributed by atoms with Gasteiger partial charge in [0, 0.05) is 11.1 Å². The molecule has 0 heterocycles. The van der Waals surface area contributed by atoms with Crippen molar-refractivity contribution in [2.45, 2.75) is 0 Å². The van der Waals surface area contributed by atoms with Gasteiger partial charge in [0.1, 0.15) is 17.2 Å². The summed E-state index contributed by atoms with van der Waals surface area (Å²) in [5.41, 5.74) is 0.715. The van der Waals surface area contributed by atoms with Crippen molar-refractivity contribution < 1.29 is 19.0 Å². The average molecular weight is 257 g/mol. The first-order chi connectivity index (χ1) is 8.10. The molecule has 0 saturated carbocycles. The summed E-state index contributed by atoms with van der Waals surface area (Å²) in [5, 5.41) is 0.226. The Morgan fingerprint density at radius 1 is 1.24 bits per heavy atom. The lowest BCUT2D eigenvalue weighted by Crippen LogP contribution is -2.01. The van der Waals surface area contributed by atoms with Crippen molar-refractivity contribution >= 4 is 22.9 Å². The van der Waals surface area contributed by atoms with Crippen LogP contribution in [0.1, 0.15) is 15.9 Å². The van der Waals surface area contributed by atoms with Crippen LogP contribution in [0.25, 0.3) is 5.03 Å². The van der Waals surface area contributed by atoms with Gasteiger partial charge in [-0.1, -0.05) is 18.2 Å². The maximum Gasteiger partial charge on any atom is 0.157 e. The van der Waals surface area contributed by atoms with Gasteiger partial charge < -0.3 is 14.2 Å². The molecule has 5 heteroatoms. The van der Waals surface area contributed by atoms with Crippen molar-refractivity contribution in [2.75, 3.05) is 21.3 Å². The predicted molar refractivity (Wildman–Crippen MR) is 66.4 cm³/mol. The Kier molecular flexibility index (Phi) is 4.40. The third kappa shape index (κ3) is 2.36. The maximum absolute atomic E-state index is 11.1. The van der Waals surface area contributed by atoms with Crippen molar-refractivity contribution in [2.24, 2.45) is 0 Å². The minimum Gasteiger partial charge on any atom is -0.496 e. The number of rotatable bonds is 5. The van der Waals surface area contributed by atoms with Crippen LogP contribution in [0.3, 0.4) is 0 Å². The van der Waals surface area contributed by atoms with Crippen LogP contribution < -0.4 is 14.2 Å². The zero-order valence-corrected chi connectivity index (χ0v) is 10.6. The van der Waals surface area contributed by atoms with Gasteiger partial charge in [0.25, 0.3) is 0 Å². The van der Waals surface area contributed by atoms with E-state index < -0.39 is 0 Å². The fourth-order valence-electron chi connectivity index (χ4n) is 1.54. The summed E-state index contributed by atoms with van der Waals surface area (Å²) < 4.78 is 15.4. The van der Waals surface area contributed by atoms with E-state index in [9.17, 15) is 4.79 Å². The van der Waals surface area contributed by atoms with Crippen molar-refractivity contribution in [1.29, 1.82) is 0 Å². The summed E-state index contributed by atoms with van der Waals surface area (Å²) in [6, 6.07) is 1.56. The van der Waals surface area contributed by atoms with Crippen molar-refractivity contribution in [3.63, 3.8) is 0 Å². The van der Waals surface area contributed by atoms with Gasteiger partial charge in [-0.05, 0) is 0 Å². The summed E-state index contributed by atoms with van der Waals surface area (Å²) in [6.07, 6.45) is 0.639. The van der Waals surface area contributed by atoms with E-state index >= 15 is 0 Å². The van der Waals surface area contributed by atoms with Crippen LogP contribution in [-0.2, 0) is 0 Å². The van der Waals surface area contributed by atoms with E-state index in [2.05, 4.69) is 6.58 Å². The molecule has 0 N–H and O–H groups in total. The lowest BCUT2D eigenvalue weighted by atomic mass is 10.1. The number of carbonyl (C=O) groups is 1. The van der Waals surface area contributed by atoms with Gasteiger partial charge >= 0.3 is 0 Å². The fraction of sp³-hybridized carbons (Fsp3) is 0.250. The topological polar surface area (TPSA) is 44.8 Å². The van der Waals surface area contributed by atoms with Gasteiger partial charge in [-0.3, -0.25) is 4.79 Å². The molecule has 1 aromatic rings. The molecule has 0 aliphatic rings. The standard InChI is InChI=1S/C12H13ClO4/c1-7(13)11-10(16-3)5-9(15-2)8(6-14)12(11)17-4/h5-6H,1H2,2-4H3. The molecule has 1 rings (SSSR count). The van der Waals surface area contributed by atoms with Crippen molar-refractivity contribution in [3.05, 3.63) is 23.8 Å². The van der Waals surface area contributed by atoms with Gasteiger partial charge in [-0.25, -0.2) is 0 Å². The molecule has 0 bridgehead atoms. The molecule has 1 aromatic carbocycles. The summed E-state index contributed by atoms with van der Waals surface area (Å²) in [4.78, 5) is 11.1. The first kappa shape index (κ1) is 13.4. The zero-order chi connectivity index (χ0) is 13.0. The molecule has 0 spiro atoms. The number of carbonyl (C=O) groups excluding carboxylic acids is 1. The lowest BCUT2D eigenvalue weighted by Gasteiger charge is -2.16. The molecule has 0 aliphatic carbocycles. The zero-order valence-electron chi connectivity index (χ0n) is 9.87. The van der Waals surface area contributed by atoms with Crippen molar-refractivity contribution in [1.82, 2.24) is 0 Å². The summed E-state index contributed by atoms with van der Waals surface area (Å²) in [6.45, 7) is 3.62. The first-order valence-corrected chi connectivity index (χ1v) is 5.11. The highest BCUT2D eigenvalue weighted by atomic mass is 35.5. The third-order valence-electron chi connectivity index (χ3n) is 2.28. The fourth-order valence-corrected chi connectivity index (χ4v) is 1.72. The van der Waals surface area contributed by atoms with Crippen LogP contribution in [0.4, 0.5) is 0 Å². The summed E-state index contributed by atoms with van der Waals surface area (Å²) >= 11 is 5.88. The molecule has 0 atom stereocenters. The highest BCUT2D eigenvalue weighted by Gasteiger charge is 2.21. The Hall–Kier alpha value is -1.68. The van der Waals surface area contributed by atoms with Gasteiger partial charge in [-0.2, -0.15) is 0 Å². The SMILES string of the molecule is C=C(Cl)c1c(OC)cc(OC)c(C=O)c1OC. The van der Waals surface area contributed by atoms with Crippen LogP contribution in [0.5, 0.6) is 17.2 Å². The smallest absolute Gasteiger partial charge is 0.157 e. The number of aldehydes is 1. The number of hydrogen-bond acceptors (Lipinski definition) is 4. The molecule has 17 heavy (non-hydrogen) atoms. The third-order valence-corrected chi connectivity index (χ3v) is 2.47. The maximum atomic E-state index is 11.1. The Labute approximate surface area is 105 Å². The summed E-state index contributed by atoms with van der Waals surface area (Å²) in [7, 11) is 4.37. The van der Waals surface area contributed by atoms with Gasteiger partial charge in [0.05, 0.1) is 32.5 Å². The highest BCUT2D eigenvalue weighted by molar-refractivity contribution is 6.49. The van der Waals surface area contributed by atoms with E-state index in [0.717, 1.165) is 0 Å². The normalized spacial score (nSPS) is 9.65. The molecular formula is C12H13ClO4. The molecule has 0 aromatic heterocycles. The Morgan fingerprint density at radius 2 is 1.82 bits per heavy atom. The Morgan fingerprint density at radius 3 is 2.18 bits per heavy atom. The van der Waals surface area contributed by atoms with E-state index in [1.165, 1.54) is 21.3 Å². The second-order valence-electron chi connectivity index (χ2n) is 3.13. The van der Waals surface area contributed by atoms with E-state index in [0.29, 0.717) is 23.3 Å². The van der Waals surface area contributed by atoms with Crippen LogP contribution in [0.2, 0.25) is 0 Å². The number of methoxy groups -OCH3 is 3.